The molecule has 2 aliphatic heterocycles. The van der Waals surface area contributed by atoms with Gasteiger partial charge in [0.1, 0.15) is 5.76 Å². The van der Waals surface area contributed by atoms with Gasteiger partial charge < -0.3 is 13.9 Å². The van der Waals surface area contributed by atoms with E-state index in [1.165, 1.54) is 0 Å². The first-order valence-electron chi connectivity index (χ1n) is 7.07. The second-order valence-electron chi connectivity index (χ2n) is 5.51. The van der Waals surface area contributed by atoms with Crippen LogP contribution >= 0.6 is 0 Å². The number of ether oxygens (including phenoxy) is 2. The molecule has 0 N–H and O–H groups in total. The van der Waals surface area contributed by atoms with E-state index in [0.717, 1.165) is 38.1 Å². The lowest BCUT2D eigenvalue weighted by Crippen LogP contribution is -2.42. The Kier molecular flexibility index (Phi) is 3.46. The predicted molar refractivity (Wildman–Crippen MR) is 69.3 cm³/mol. The van der Waals surface area contributed by atoms with Gasteiger partial charge in [-0.05, 0) is 25.0 Å². The van der Waals surface area contributed by atoms with Crippen LogP contribution in [-0.2, 0) is 15.9 Å². The molecule has 0 bridgehead atoms. The Hall–Kier alpha value is -1.13. The van der Waals surface area contributed by atoms with Gasteiger partial charge in [0.05, 0.1) is 12.2 Å². The van der Waals surface area contributed by atoms with E-state index in [4.69, 9.17) is 13.9 Å². The number of aryl methyl sites for hydroxylation is 1. The number of rotatable bonds is 3. The number of carbonyl (C=O) groups excluding carboxylic acids is 1. The Bertz CT molecular complexity index is 456. The molecule has 3 heterocycles. The minimum Gasteiger partial charge on any atom is -0.458 e. The molecular weight excluding hydrogens is 244 g/mol. The van der Waals surface area contributed by atoms with Crippen LogP contribution in [0.5, 0.6) is 0 Å². The molecule has 4 heteroatoms. The number of ketones is 1. The van der Waals surface area contributed by atoms with Crippen molar-refractivity contribution in [3.63, 3.8) is 0 Å². The maximum atomic E-state index is 12.5. The third-order valence-corrected chi connectivity index (χ3v) is 4.18. The van der Waals surface area contributed by atoms with Gasteiger partial charge in [0.2, 0.25) is 5.78 Å². The van der Waals surface area contributed by atoms with Crippen LogP contribution in [0.3, 0.4) is 0 Å². The maximum Gasteiger partial charge on any atom is 0.201 e. The predicted octanol–water partition coefficient (Wildman–Crippen LogP) is 2.61. The van der Waals surface area contributed by atoms with E-state index in [1.807, 2.05) is 13.0 Å². The van der Waals surface area contributed by atoms with Gasteiger partial charge in [-0.1, -0.05) is 6.92 Å². The summed E-state index contributed by atoms with van der Waals surface area (Å²) in [6.07, 6.45) is 3.25. The van der Waals surface area contributed by atoms with E-state index < -0.39 is 0 Å². The molecule has 2 aliphatic rings. The minimum atomic E-state index is -0.223. The van der Waals surface area contributed by atoms with Crippen molar-refractivity contribution in [1.82, 2.24) is 0 Å². The van der Waals surface area contributed by atoms with Crippen molar-refractivity contribution in [1.29, 1.82) is 0 Å². The van der Waals surface area contributed by atoms with Crippen LogP contribution in [0.25, 0.3) is 0 Å². The zero-order chi connectivity index (χ0) is 13.3. The van der Waals surface area contributed by atoms with Gasteiger partial charge in [0.15, 0.2) is 5.76 Å². The minimum absolute atomic E-state index is 0.00584. The summed E-state index contributed by atoms with van der Waals surface area (Å²) in [4.78, 5) is 12.5. The number of hydrogen-bond acceptors (Lipinski definition) is 4. The van der Waals surface area contributed by atoms with Crippen molar-refractivity contribution in [2.75, 3.05) is 19.8 Å². The molecule has 0 amide bonds. The average Bonchev–Trinajstić information content (AvgIpc) is 3.07. The van der Waals surface area contributed by atoms with Crippen LogP contribution in [0.4, 0.5) is 0 Å². The van der Waals surface area contributed by atoms with Crippen LogP contribution < -0.4 is 0 Å². The Morgan fingerprint density at radius 2 is 2.32 bits per heavy atom. The van der Waals surface area contributed by atoms with Crippen LogP contribution in [-0.4, -0.2) is 31.2 Å². The lowest BCUT2D eigenvalue weighted by Gasteiger charge is -2.36. The van der Waals surface area contributed by atoms with Crippen LogP contribution in [0.1, 0.15) is 42.5 Å². The fourth-order valence-electron chi connectivity index (χ4n) is 3.02. The second-order valence-corrected chi connectivity index (χ2v) is 5.51. The Morgan fingerprint density at radius 1 is 1.42 bits per heavy atom. The standard InChI is InChI=1S/C15H20O4/c1-2-12-3-4-13(19-12)14(16)11-5-7-18-15(9-11)6-8-17-10-15/h3-4,11H,2,5-10H2,1H3. The van der Waals surface area contributed by atoms with Crippen molar-refractivity contribution in [3.05, 3.63) is 23.7 Å². The summed E-state index contributed by atoms with van der Waals surface area (Å²) in [5.41, 5.74) is -0.223. The van der Waals surface area contributed by atoms with Crippen molar-refractivity contribution >= 4 is 5.78 Å². The lowest BCUT2D eigenvalue weighted by atomic mass is 9.82. The molecule has 1 aromatic heterocycles. The third-order valence-electron chi connectivity index (χ3n) is 4.18. The third kappa shape index (κ3) is 2.47. The van der Waals surface area contributed by atoms with Crippen molar-refractivity contribution < 1.29 is 18.7 Å². The van der Waals surface area contributed by atoms with Crippen LogP contribution in [0.2, 0.25) is 0 Å². The number of Topliss-reactive ketones (excluding diaryl/α,β-unsaturated/α-hetero) is 1. The number of carbonyl (C=O) groups is 1. The fourth-order valence-corrected chi connectivity index (χ4v) is 3.02. The summed E-state index contributed by atoms with van der Waals surface area (Å²) < 4.78 is 16.9. The average molecular weight is 264 g/mol. The first kappa shape index (κ1) is 12.9. The van der Waals surface area contributed by atoms with Gasteiger partial charge in [-0.2, -0.15) is 0 Å². The zero-order valence-corrected chi connectivity index (χ0v) is 11.3. The molecule has 0 radical (unpaired) electrons. The molecule has 2 unspecified atom stereocenters. The molecular formula is C15H20O4. The van der Waals surface area contributed by atoms with Gasteiger partial charge in [0.25, 0.3) is 0 Å². The highest BCUT2D eigenvalue weighted by atomic mass is 16.6. The molecule has 0 aliphatic carbocycles. The largest absolute Gasteiger partial charge is 0.458 e. The summed E-state index contributed by atoms with van der Waals surface area (Å²) in [5, 5.41) is 0. The monoisotopic (exact) mass is 264 g/mol. The van der Waals surface area contributed by atoms with E-state index in [0.29, 0.717) is 19.0 Å². The molecule has 104 valence electrons. The first-order valence-corrected chi connectivity index (χ1v) is 7.07. The lowest BCUT2D eigenvalue weighted by molar-refractivity contribution is -0.0922. The first-order chi connectivity index (χ1) is 9.22. The van der Waals surface area contributed by atoms with Crippen molar-refractivity contribution in [3.8, 4) is 0 Å². The van der Waals surface area contributed by atoms with Gasteiger partial charge in [-0.25, -0.2) is 0 Å². The smallest absolute Gasteiger partial charge is 0.201 e. The molecule has 19 heavy (non-hydrogen) atoms. The molecule has 1 aromatic rings. The summed E-state index contributed by atoms with van der Waals surface area (Å²) in [5.74, 6) is 1.49. The second kappa shape index (κ2) is 5.10. The normalized spacial score (nSPS) is 30.9. The number of hydrogen-bond donors (Lipinski definition) is 0. The molecule has 2 atom stereocenters. The van der Waals surface area contributed by atoms with E-state index in [9.17, 15) is 4.79 Å². The molecule has 3 rings (SSSR count). The maximum absolute atomic E-state index is 12.5. The molecule has 4 nitrogen and oxygen atoms in total. The molecule has 2 fully saturated rings. The molecule has 0 aromatic carbocycles. The highest BCUT2D eigenvalue weighted by molar-refractivity contribution is 5.95. The summed E-state index contributed by atoms with van der Waals surface area (Å²) >= 11 is 0. The van der Waals surface area contributed by atoms with E-state index in [-0.39, 0.29) is 17.3 Å². The topological polar surface area (TPSA) is 48.7 Å². The fraction of sp³-hybridized carbons (Fsp3) is 0.667. The zero-order valence-electron chi connectivity index (χ0n) is 11.3. The molecule has 1 spiro atoms. The van der Waals surface area contributed by atoms with Gasteiger partial charge >= 0.3 is 0 Å². The van der Waals surface area contributed by atoms with Gasteiger partial charge in [-0.15, -0.1) is 0 Å². The number of furan rings is 1. The quantitative estimate of drug-likeness (QED) is 0.787. The Balaban J connectivity index is 1.72. The molecule has 2 saturated heterocycles. The summed E-state index contributed by atoms with van der Waals surface area (Å²) in [6.45, 7) is 4.02. The SMILES string of the molecule is CCc1ccc(C(=O)C2CCOC3(CCOC3)C2)o1. The van der Waals surface area contributed by atoms with Gasteiger partial charge in [-0.3, -0.25) is 4.79 Å². The highest BCUT2D eigenvalue weighted by Gasteiger charge is 2.43. The highest BCUT2D eigenvalue weighted by Crippen LogP contribution is 2.37. The van der Waals surface area contributed by atoms with Crippen LogP contribution in [0, 0.1) is 5.92 Å². The van der Waals surface area contributed by atoms with Crippen molar-refractivity contribution in [2.45, 2.75) is 38.2 Å². The van der Waals surface area contributed by atoms with Crippen molar-refractivity contribution in [2.24, 2.45) is 5.92 Å². The Morgan fingerprint density at radius 3 is 3.00 bits per heavy atom. The summed E-state index contributed by atoms with van der Waals surface area (Å²) in [7, 11) is 0. The van der Waals surface area contributed by atoms with E-state index in [2.05, 4.69) is 0 Å². The van der Waals surface area contributed by atoms with Crippen LogP contribution in [0.15, 0.2) is 16.5 Å². The Labute approximate surface area is 113 Å². The van der Waals surface area contributed by atoms with Gasteiger partial charge in [0, 0.05) is 32.0 Å². The van der Waals surface area contributed by atoms with E-state index in [1.54, 1.807) is 6.07 Å². The van der Waals surface area contributed by atoms with E-state index >= 15 is 0 Å². The summed E-state index contributed by atoms with van der Waals surface area (Å²) in [6, 6.07) is 3.69. The molecule has 0 saturated carbocycles.